The van der Waals surface area contributed by atoms with Gasteiger partial charge in [-0.25, -0.2) is 13.2 Å². The summed E-state index contributed by atoms with van der Waals surface area (Å²) in [4.78, 5) is 26.7. The summed E-state index contributed by atoms with van der Waals surface area (Å²) < 4.78 is 34.8. The zero-order valence-electron chi connectivity index (χ0n) is 22.0. The van der Waals surface area contributed by atoms with Gasteiger partial charge < -0.3 is 4.74 Å². The van der Waals surface area contributed by atoms with Crippen molar-refractivity contribution < 1.29 is 22.7 Å². The van der Waals surface area contributed by atoms with E-state index in [0.717, 1.165) is 9.87 Å². The van der Waals surface area contributed by atoms with E-state index >= 15 is 0 Å². The van der Waals surface area contributed by atoms with E-state index in [9.17, 15) is 18.0 Å². The molecule has 200 valence electrons. The Morgan fingerprint density at radius 2 is 1.20 bits per heavy atom. The minimum Gasteiger partial charge on any atom is -0.422 e. The Labute approximate surface area is 233 Å². The van der Waals surface area contributed by atoms with Crippen molar-refractivity contribution in [3.63, 3.8) is 0 Å². The van der Waals surface area contributed by atoms with Crippen LogP contribution in [-0.2, 0) is 10.0 Å². The van der Waals surface area contributed by atoms with E-state index < -0.39 is 21.9 Å². The van der Waals surface area contributed by atoms with Gasteiger partial charge in [0.1, 0.15) is 5.75 Å². The number of anilines is 1. The standard InChI is InChI=1S/C33H27NO5S/c1-23(2)24-17-19-27(20-18-24)40(37,38)34(32(35)25-11-5-3-6-12-25)30-21-22-31(29-16-10-9-15-28(29)30)39-33(36)26-13-7-4-8-14-26/h3-23H,1-2H3. The Hall–Kier alpha value is -4.75. The average molecular weight is 550 g/mol. The highest BCUT2D eigenvalue weighted by atomic mass is 32.2. The van der Waals surface area contributed by atoms with Crippen LogP contribution in [0.4, 0.5) is 5.69 Å². The minimum absolute atomic E-state index is 0.00940. The molecule has 5 aromatic carbocycles. The van der Waals surface area contributed by atoms with E-state index in [1.807, 2.05) is 13.8 Å². The maximum atomic E-state index is 14.1. The third kappa shape index (κ3) is 5.24. The van der Waals surface area contributed by atoms with Crippen molar-refractivity contribution in [2.45, 2.75) is 24.7 Å². The molecule has 6 nitrogen and oxygen atoms in total. The van der Waals surface area contributed by atoms with Crippen LogP contribution in [0, 0.1) is 0 Å². The number of carbonyl (C=O) groups excluding carboxylic acids is 2. The van der Waals surface area contributed by atoms with Crippen LogP contribution in [0.5, 0.6) is 5.75 Å². The number of ether oxygens (including phenoxy) is 1. The highest BCUT2D eigenvalue weighted by Gasteiger charge is 2.33. The van der Waals surface area contributed by atoms with Crippen LogP contribution in [-0.4, -0.2) is 20.3 Å². The highest BCUT2D eigenvalue weighted by Crippen LogP contribution is 2.37. The summed E-state index contributed by atoms with van der Waals surface area (Å²) in [5.41, 5.74) is 1.73. The van der Waals surface area contributed by atoms with E-state index in [0.29, 0.717) is 16.3 Å². The first-order valence-electron chi connectivity index (χ1n) is 12.8. The van der Waals surface area contributed by atoms with Gasteiger partial charge in [-0.1, -0.05) is 86.6 Å². The quantitative estimate of drug-likeness (QED) is 0.158. The SMILES string of the molecule is CC(C)c1ccc(S(=O)(=O)N(C(=O)c2ccccc2)c2ccc(OC(=O)c3ccccc3)c3ccccc23)cc1. The summed E-state index contributed by atoms with van der Waals surface area (Å²) in [6.45, 7) is 4.04. The van der Waals surface area contributed by atoms with Crippen molar-refractivity contribution in [1.82, 2.24) is 0 Å². The first kappa shape index (κ1) is 26.8. The van der Waals surface area contributed by atoms with Crippen LogP contribution in [0.2, 0.25) is 0 Å². The zero-order valence-corrected chi connectivity index (χ0v) is 22.8. The molecule has 0 bridgehead atoms. The number of fused-ring (bicyclic) bond motifs is 1. The van der Waals surface area contributed by atoms with Gasteiger partial charge in [-0.3, -0.25) is 4.79 Å². The average Bonchev–Trinajstić information content (AvgIpc) is 2.99. The maximum absolute atomic E-state index is 14.1. The van der Waals surface area contributed by atoms with Crippen LogP contribution < -0.4 is 9.04 Å². The second-order valence-electron chi connectivity index (χ2n) is 9.55. The molecule has 0 radical (unpaired) electrons. The van der Waals surface area contributed by atoms with Gasteiger partial charge in [-0.2, -0.15) is 4.31 Å². The fraction of sp³-hybridized carbons (Fsp3) is 0.0909. The number of carbonyl (C=O) groups is 2. The van der Waals surface area contributed by atoms with Gasteiger partial charge >= 0.3 is 5.97 Å². The summed E-state index contributed by atoms with van der Waals surface area (Å²) in [5, 5.41) is 0.924. The normalized spacial score (nSPS) is 11.4. The molecule has 0 heterocycles. The van der Waals surface area contributed by atoms with Crippen molar-refractivity contribution in [1.29, 1.82) is 0 Å². The van der Waals surface area contributed by atoms with E-state index in [1.165, 1.54) is 24.3 Å². The van der Waals surface area contributed by atoms with Crippen molar-refractivity contribution in [3.8, 4) is 5.75 Å². The summed E-state index contributed by atoms with van der Waals surface area (Å²) in [6, 6.07) is 33.3. The van der Waals surface area contributed by atoms with Crippen LogP contribution in [0.3, 0.4) is 0 Å². The van der Waals surface area contributed by atoms with Gasteiger partial charge in [0, 0.05) is 16.3 Å². The Morgan fingerprint density at radius 1 is 0.650 bits per heavy atom. The molecule has 0 aromatic heterocycles. The van der Waals surface area contributed by atoms with Gasteiger partial charge in [0.15, 0.2) is 0 Å². The number of nitrogens with zero attached hydrogens (tertiary/aromatic N) is 1. The van der Waals surface area contributed by atoms with Crippen molar-refractivity contribution in [2.24, 2.45) is 0 Å². The molecule has 0 spiro atoms. The van der Waals surface area contributed by atoms with Crippen LogP contribution in [0.1, 0.15) is 46.0 Å². The third-order valence-electron chi connectivity index (χ3n) is 6.58. The van der Waals surface area contributed by atoms with Crippen LogP contribution >= 0.6 is 0 Å². The lowest BCUT2D eigenvalue weighted by molar-refractivity contribution is 0.0736. The molecule has 0 aliphatic heterocycles. The molecule has 0 saturated carbocycles. The fourth-order valence-corrected chi connectivity index (χ4v) is 5.86. The van der Waals surface area contributed by atoms with Crippen LogP contribution in [0.15, 0.2) is 126 Å². The second kappa shape index (κ2) is 11.2. The van der Waals surface area contributed by atoms with E-state index in [2.05, 4.69) is 0 Å². The second-order valence-corrected chi connectivity index (χ2v) is 11.3. The largest absolute Gasteiger partial charge is 0.422 e. The minimum atomic E-state index is -4.34. The van der Waals surface area contributed by atoms with E-state index in [4.69, 9.17) is 4.74 Å². The monoisotopic (exact) mass is 549 g/mol. The smallest absolute Gasteiger partial charge is 0.343 e. The van der Waals surface area contributed by atoms with Crippen molar-refractivity contribution in [3.05, 3.63) is 138 Å². The lowest BCUT2D eigenvalue weighted by Gasteiger charge is -2.25. The number of benzene rings is 5. The first-order valence-corrected chi connectivity index (χ1v) is 14.2. The highest BCUT2D eigenvalue weighted by molar-refractivity contribution is 7.93. The molecule has 0 aliphatic rings. The predicted molar refractivity (Wildman–Crippen MR) is 156 cm³/mol. The number of sulfonamides is 1. The molecule has 40 heavy (non-hydrogen) atoms. The summed E-state index contributed by atoms with van der Waals surface area (Å²) in [5.74, 6) is -0.783. The third-order valence-corrected chi connectivity index (χ3v) is 8.29. The Kier molecular flexibility index (Phi) is 7.49. The molecule has 0 atom stereocenters. The van der Waals surface area contributed by atoms with Gasteiger partial charge in [-0.05, 0) is 60.0 Å². The Balaban J connectivity index is 1.66. The zero-order chi connectivity index (χ0) is 28.3. The summed E-state index contributed by atoms with van der Waals surface area (Å²) >= 11 is 0. The molecule has 7 heteroatoms. The number of hydrogen-bond acceptors (Lipinski definition) is 5. The first-order chi connectivity index (χ1) is 19.3. The summed E-state index contributed by atoms with van der Waals surface area (Å²) in [7, 11) is -4.34. The lowest BCUT2D eigenvalue weighted by Crippen LogP contribution is -2.37. The molecule has 0 saturated heterocycles. The number of hydrogen-bond donors (Lipinski definition) is 0. The Bertz CT molecular complexity index is 1780. The molecule has 1 amide bonds. The number of rotatable bonds is 7. The van der Waals surface area contributed by atoms with Gasteiger partial charge in [0.25, 0.3) is 15.9 Å². The molecule has 5 rings (SSSR count). The molecular formula is C33H27NO5S. The number of esters is 1. The van der Waals surface area contributed by atoms with Gasteiger partial charge in [0.2, 0.25) is 0 Å². The van der Waals surface area contributed by atoms with Crippen molar-refractivity contribution >= 4 is 38.4 Å². The maximum Gasteiger partial charge on any atom is 0.343 e. The predicted octanol–water partition coefficient (Wildman–Crippen LogP) is 7.22. The molecular weight excluding hydrogens is 522 g/mol. The molecule has 0 fully saturated rings. The van der Waals surface area contributed by atoms with Crippen molar-refractivity contribution in [2.75, 3.05) is 4.31 Å². The lowest BCUT2D eigenvalue weighted by atomic mass is 10.0. The number of amides is 1. The van der Waals surface area contributed by atoms with Crippen LogP contribution in [0.25, 0.3) is 10.8 Å². The summed E-state index contributed by atoms with van der Waals surface area (Å²) in [6.07, 6.45) is 0. The van der Waals surface area contributed by atoms with Gasteiger partial charge in [-0.15, -0.1) is 0 Å². The molecule has 0 N–H and O–H groups in total. The molecule has 5 aromatic rings. The molecule has 0 aliphatic carbocycles. The Morgan fingerprint density at radius 3 is 1.80 bits per heavy atom. The van der Waals surface area contributed by atoms with E-state index in [1.54, 1.807) is 97.1 Å². The molecule has 0 unspecified atom stereocenters. The fourth-order valence-electron chi connectivity index (χ4n) is 4.43. The van der Waals surface area contributed by atoms with E-state index in [-0.39, 0.29) is 27.8 Å². The van der Waals surface area contributed by atoms with Gasteiger partial charge in [0.05, 0.1) is 16.1 Å². The topological polar surface area (TPSA) is 80.8 Å².